The zero-order valence-electron chi connectivity index (χ0n) is 11.4. The van der Waals surface area contributed by atoms with Crippen molar-refractivity contribution in [1.82, 2.24) is 0 Å². The van der Waals surface area contributed by atoms with Gasteiger partial charge in [0.25, 0.3) is 0 Å². The molecule has 0 atom stereocenters. The first-order valence-corrected chi connectivity index (χ1v) is 7.30. The Bertz CT molecular complexity index is 848. The Morgan fingerprint density at radius 2 is 1.90 bits per heavy atom. The van der Waals surface area contributed by atoms with E-state index in [0.717, 1.165) is 11.4 Å². The molecule has 4 rings (SSSR count). The number of aromatic nitrogens is 1. The van der Waals surface area contributed by atoms with Gasteiger partial charge in [0.05, 0.1) is 16.8 Å². The number of anilines is 3. The molecule has 0 spiro atoms. The third kappa shape index (κ3) is 2.20. The molecule has 1 aliphatic heterocycles. The van der Waals surface area contributed by atoms with Gasteiger partial charge in [0.1, 0.15) is 11.9 Å². The lowest BCUT2D eigenvalue weighted by atomic mass is 10.1. The fourth-order valence-corrected chi connectivity index (χ4v) is 3.70. The summed E-state index contributed by atoms with van der Waals surface area (Å²) in [7, 11) is 2.08. The number of nitrogens with two attached hydrogens (primary N) is 1. The first kappa shape index (κ1) is 14.0. The quantitative estimate of drug-likeness (QED) is 0.366. The van der Waals surface area contributed by atoms with E-state index in [0.29, 0.717) is 0 Å². The number of pyridine rings is 1. The van der Waals surface area contributed by atoms with Crippen LogP contribution in [0.15, 0.2) is 58.5 Å². The second-order valence-corrected chi connectivity index (χ2v) is 6.06. The number of hydrogen-bond donors (Lipinski definition) is 2. The molecule has 3 nitrogen and oxygen atoms in total. The molecule has 3 N–H and O–H groups in total. The van der Waals surface area contributed by atoms with Crippen LogP contribution in [0.25, 0.3) is 10.9 Å². The molecule has 0 saturated carbocycles. The molecule has 2 heterocycles. The summed E-state index contributed by atoms with van der Waals surface area (Å²) in [5, 5.41) is 4.77. The Kier molecular flexibility index (Phi) is 3.43. The fraction of sp³-hybridized carbons (Fsp3) is 0.0625. The molecule has 21 heavy (non-hydrogen) atoms. The van der Waals surface area contributed by atoms with Crippen LogP contribution in [0.1, 0.15) is 0 Å². The summed E-state index contributed by atoms with van der Waals surface area (Å²) >= 11 is 1.78. The van der Waals surface area contributed by atoms with Crippen LogP contribution in [0.4, 0.5) is 17.1 Å². The number of para-hydroxylation sites is 1. The van der Waals surface area contributed by atoms with E-state index in [1.807, 2.05) is 12.1 Å². The second kappa shape index (κ2) is 5.13. The Morgan fingerprint density at radius 3 is 2.76 bits per heavy atom. The van der Waals surface area contributed by atoms with Crippen molar-refractivity contribution in [3.8, 4) is 0 Å². The van der Waals surface area contributed by atoms with Gasteiger partial charge >= 0.3 is 0 Å². The van der Waals surface area contributed by atoms with Crippen LogP contribution in [-0.4, -0.2) is 0 Å². The van der Waals surface area contributed by atoms with Gasteiger partial charge < -0.3 is 23.5 Å². The highest BCUT2D eigenvalue weighted by molar-refractivity contribution is 7.99. The van der Waals surface area contributed by atoms with Crippen LogP contribution in [0, 0.1) is 0 Å². The Morgan fingerprint density at radius 1 is 1.10 bits per heavy atom. The van der Waals surface area contributed by atoms with E-state index >= 15 is 0 Å². The summed E-state index contributed by atoms with van der Waals surface area (Å²) < 4.78 is 2.17. The summed E-state index contributed by atoms with van der Waals surface area (Å²) in [4.78, 5) is 2.45. The molecule has 1 aromatic heterocycles. The topological polar surface area (TPSA) is 41.9 Å². The highest BCUT2D eigenvalue weighted by atomic mass is 35.5. The molecule has 1 aliphatic rings. The molecule has 0 aliphatic carbocycles. The van der Waals surface area contributed by atoms with E-state index in [1.165, 1.54) is 26.4 Å². The highest BCUT2D eigenvalue weighted by Gasteiger charge is 2.22. The van der Waals surface area contributed by atoms with Crippen LogP contribution in [0.5, 0.6) is 0 Å². The monoisotopic (exact) mass is 315 g/mol. The van der Waals surface area contributed by atoms with Crippen molar-refractivity contribution in [3.63, 3.8) is 0 Å². The lowest BCUT2D eigenvalue weighted by Gasteiger charge is -2.21. The third-order valence-electron chi connectivity index (χ3n) is 3.59. The Hall–Kier alpha value is -1.91. The van der Waals surface area contributed by atoms with Gasteiger partial charge in [-0.15, -0.1) is 0 Å². The molecule has 0 unspecified atom stereocenters. The molecule has 0 radical (unpaired) electrons. The standard InChI is InChI=1S/C16H13N3S.ClH/c1-19-9-15-16(11-4-2-3-5-13(11)19)18-12-8-10(17)6-7-14(12)20-15;/h2-9H,17H2,1H3;1H. The Labute approximate surface area is 133 Å². The van der Waals surface area contributed by atoms with Crippen LogP contribution in [0.2, 0.25) is 0 Å². The van der Waals surface area contributed by atoms with E-state index in [4.69, 9.17) is 5.73 Å². The molecule has 106 valence electrons. The van der Waals surface area contributed by atoms with Crippen LogP contribution >= 0.6 is 11.8 Å². The van der Waals surface area contributed by atoms with Crippen LogP contribution in [0.3, 0.4) is 0 Å². The van der Waals surface area contributed by atoms with Crippen molar-refractivity contribution in [2.24, 2.45) is 7.05 Å². The van der Waals surface area contributed by atoms with Crippen molar-refractivity contribution in [2.75, 3.05) is 11.1 Å². The van der Waals surface area contributed by atoms with E-state index in [2.05, 4.69) is 53.5 Å². The smallest absolute Gasteiger partial charge is 0.214 e. The van der Waals surface area contributed by atoms with Gasteiger partial charge in [-0.3, -0.25) is 0 Å². The van der Waals surface area contributed by atoms with Crippen molar-refractivity contribution < 1.29 is 17.0 Å². The van der Waals surface area contributed by atoms with Crippen molar-refractivity contribution in [3.05, 3.63) is 48.7 Å². The lowest BCUT2D eigenvalue weighted by Crippen LogP contribution is -3.00. The van der Waals surface area contributed by atoms with E-state index < -0.39 is 0 Å². The van der Waals surface area contributed by atoms with Crippen LogP contribution < -0.4 is 28.0 Å². The van der Waals surface area contributed by atoms with Gasteiger partial charge in [-0.25, -0.2) is 0 Å². The number of hydrogen-bond acceptors (Lipinski definition) is 3. The highest BCUT2D eigenvalue weighted by Crippen LogP contribution is 2.46. The summed E-state index contributed by atoms with van der Waals surface area (Å²) in [5.74, 6) is 0. The summed E-state index contributed by atoms with van der Waals surface area (Å²) in [6.45, 7) is 0. The lowest BCUT2D eigenvalue weighted by molar-refractivity contribution is -0.646. The molecule has 0 amide bonds. The molecular weight excluding hydrogens is 302 g/mol. The minimum absolute atomic E-state index is 0. The first-order chi connectivity index (χ1) is 9.72. The average molecular weight is 316 g/mol. The maximum absolute atomic E-state index is 5.89. The van der Waals surface area contributed by atoms with E-state index in [9.17, 15) is 0 Å². The number of benzene rings is 2. The predicted octanol–water partition coefficient (Wildman–Crippen LogP) is 0.459. The molecular formula is C16H14ClN3S. The van der Waals surface area contributed by atoms with Gasteiger partial charge in [0.15, 0.2) is 6.20 Å². The van der Waals surface area contributed by atoms with Crippen molar-refractivity contribution >= 4 is 39.7 Å². The van der Waals surface area contributed by atoms with Gasteiger partial charge in [0, 0.05) is 16.6 Å². The minimum Gasteiger partial charge on any atom is -1.00 e. The number of nitrogens with zero attached hydrogens (tertiary/aromatic N) is 1. The van der Waals surface area contributed by atoms with Gasteiger partial charge in [-0.2, -0.15) is 4.57 Å². The summed E-state index contributed by atoms with van der Waals surface area (Å²) in [6.07, 6.45) is 2.18. The molecule has 5 heteroatoms. The molecule has 0 fully saturated rings. The average Bonchev–Trinajstić information content (AvgIpc) is 2.46. The zero-order valence-corrected chi connectivity index (χ0v) is 13.0. The molecule has 2 aromatic carbocycles. The maximum Gasteiger partial charge on any atom is 0.214 e. The Balaban J connectivity index is 0.00000132. The zero-order chi connectivity index (χ0) is 13.7. The van der Waals surface area contributed by atoms with Crippen molar-refractivity contribution in [1.29, 1.82) is 0 Å². The number of nitrogen functional groups attached to an aromatic ring is 1. The minimum atomic E-state index is 0. The number of fused-ring (bicyclic) bond motifs is 4. The SMILES string of the molecule is C[n+]1cc2c(c3ccccc31)Nc1cc(N)ccc1S2.[Cl-]. The van der Waals surface area contributed by atoms with Gasteiger partial charge in [-0.05, 0) is 24.3 Å². The fourth-order valence-electron chi connectivity index (χ4n) is 2.63. The van der Waals surface area contributed by atoms with Gasteiger partial charge in [-0.1, -0.05) is 23.9 Å². The summed E-state index contributed by atoms with van der Waals surface area (Å²) in [6, 6.07) is 14.4. The number of nitrogens with one attached hydrogen (secondary N) is 1. The molecule has 0 saturated heterocycles. The van der Waals surface area contributed by atoms with Crippen molar-refractivity contribution in [2.45, 2.75) is 9.79 Å². The maximum atomic E-state index is 5.89. The van der Waals surface area contributed by atoms with E-state index in [1.54, 1.807) is 11.8 Å². The molecule has 3 aromatic rings. The first-order valence-electron chi connectivity index (χ1n) is 6.48. The second-order valence-electron chi connectivity index (χ2n) is 4.98. The number of halogens is 1. The third-order valence-corrected chi connectivity index (χ3v) is 4.70. The van der Waals surface area contributed by atoms with E-state index in [-0.39, 0.29) is 12.4 Å². The summed E-state index contributed by atoms with van der Waals surface area (Å²) in [5.41, 5.74) is 10.1. The number of rotatable bonds is 0. The molecule has 0 bridgehead atoms. The number of aryl methyl sites for hydroxylation is 1. The van der Waals surface area contributed by atoms with Crippen LogP contribution in [-0.2, 0) is 7.05 Å². The predicted molar refractivity (Wildman–Crippen MR) is 83.4 cm³/mol. The van der Waals surface area contributed by atoms with Gasteiger partial charge in [0.2, 0.25) is 5.52 Å². The largest absolute Gasteiger partial charge is 1.00 e. The normalized spacial score (nSPS) is 12.0.